The first-order valence-corrected chi connectivity index (χ1v) is 6.14. The maximum Gasteiger partial charge on any atom is 0.0580 e. The minimum atomic E-state index is -0.168. The lowest BCUT2D eigenvalue weighted by Crippen LogP contribution is -2.27. The number of nitrogens with two attached hydrogens (primary N) is 1. The van der Waals surface area contributed by atoms with Gasteiger partial charge in [0.1, 0.15) is 0 Å². The Balaban J connectivity index is 3.61. The highest BCUT2D eigenvalue weighted by molar-refractivity contribution is 4.69. The maximum absolute atomic E-state index is 9.88. The summed E-state index contributed by atoms with van der Waals surface area (Å²) >= 11 is 0. The molecule has 0 bridgehead atoms. The van der Waals surface area contributed by atoms with Gasteiger partial charge in [0.05, 0.1) is 6.10 Å². The fourth-order valence-electron chi connectivity index (χ4n) is 1.77. The molecule has 0 aromatic rings. The van der Waals surface area contributed by atoms with E-state index in [1.807, 2.05) is 0 Å². The summed E-state index contributed by atoms with van der Waals surface area (Å²) in [4.78, 5) is 0. The van der Waals surface area contributed by atoms with Crippen LogP contribution < -0.4 is 5.73 Å². The quantitative estimate of drug-likeness (QED) is 0.563. The fourth-order valence-corrected chi connectivity index (χ4v) is 1.77. The number of hydrogen-bond donors (Lipinski definition) is 2. The normalized spacial score (nSPS) is 15.4. The van der Waals surface area contributed by atoms with Gasteiger partial charge in [-0.15, -0.1) is 0 Å². The third-order valence-corrected chi connectivity index (χ3v) is 2.88. The van der Waals surface area contributed by atoms with Gasteiger partial charge in [-0.1, -0.05) is 46.0 Å². The predicted octanol–water partition coefficient (Wildman–Crippen LogP) is 2.69. The molecule has 0 aromatic heterocycles. The van der Waals surface area contributed by atoms with Crippen molar-refractivity contribution in [2.75, 3.05) is 6.54 Å². The summed E-state index contributed by atoms with van der Waals surface area (Å²) < 4.78 is 0. The van der Waals surface area contributed by atoms with Crippen molar-refractivity contribution in [2.24, 2.45) is 11.7 Å². The van der Waals surface area contributed by atoms with E-state index in [1.54, 1.807) is 0 Å². The summed E-state index contributed by atoms with van der Waals surface area (Å²) in [5.74, 6) is 0.326. The average Bonchev–Trinajstić information content (AvgIpc) is 2.19. The molecule has 0 radical (unpaired) electrons. The molecule has 3 N–H and O–H groups in total. The molecule has 0 fully saturated rings. The third-order valence-electron chi connectivity index (χ3n) is 2.88. The molecule has 2 nitrogen and oxygen atoms in total. The Kier molecular flexibility index (Phi) is 9.42. The summed E-state index contributed by atoms with van der Waals surface area (Å²) in [6, 6.07) is 0. The Labute approximate surface area is 88.9 Å². The number of rotatable bonds is 9. The van der Waals surface area contributed by atoms with Crippen molar-refractivity contribution in [1.82, 2.24) is 0 Å². The highest BCUT2D eigenvalue weighted by Gasteiger charge is 2.16. The Morgan fingerprint density at radius 2 is 1.64 bits per heavy atom. The molecule has 86 valence electrons. The number of aliphatic hydroxyl groups excluding tert-OH is 1. The molecule has 0 amide bonds. The lowest BCUT2D eigenvalue weighted by atomic mass is 9.92. The third kappa shape index (κ3) is 6.39. The lowest BCUT2D eigenvalue weighted by molar-refractivity contribution is 0.0939. The molecule has 0 saturated heterocycles. The predicted molar refractivity (Wildman–Crippen MR) is 62.2 cm³/mol. The topological polar surface area (TPSA) is 46.2 Å². The van der Waals surface area contributed by atoms with Gasteiger partial charge < -0.3 is 10.8 Å². The summed E-state index contributed by atoms with van der Waals surface area (Å²) in [5.41, 5.74) is 5.66. The van der Waals surface area contributed by atoms with Crippen LogP contribution in [0.25, 0.3) is 0 Å². The van der Waals surface area contributed by atoms with E-state index in [4.69, 9.17) is 5.73 Å². The van der Waals surface area contributed by atoms with Crippen LogP contribution in [0, 0.1) is 5.92 Å². The summed E-state index contributed by atoms with van der Waals surface area (Å²) in [6.45, 7) is 4.99. The van der Waals surface area contributed by atoms with Gasteiger partial charge in [0, 0.05) is 0 Å². The average molecular weight is 201 g/mol. The first kappa shape index (κ1) is 13.9. The number of hydrogen-bond acceptors (Lipinski definition) is 2. The van der Waals surface area contributed by atoms with E-state index in [0.717, 1.165) is 19.3 Å². The zero-order valence-electron chi connectivity index (χ0n) is 9.84. The highest BCUT2D eigenvalue weighted by atomic mass is 16.3. The second kappa shape index (κ2) is 9.47. The van der Waals surface area contributed by atoms with Gasteiger partial charge in [0.2, 0.25) is 0 Å². The first-order valence-electron chi connectivity index (χ1n) is 6.14. The van der Waals surface area contributed by atoms with Gasteiger partial charge in [0.15, 0.2) is 0 Å². The molecular weight excluding hydrogens is 174 g/mol. The summed E-state index contributed by atoms with van der Waals surface area (Å²) in [5, 5.41) is 9.88. The van der Waals surface area contributed by atoms with E-state index < -0.39 is 0 Å². The Hall–Kier alpha value is -0.0800. The Bertz CT molecular complexity index is 117. The number of aliphatic hydroxyl groups is 1. The Morgan fingerprint density at radius 1 is 1.00 bits per heavy atom. The zero-order chi connectivity index (χ0) is 10.8. The molecule has 0 aromatic carbocycles. The van der Waals surface area contributed by atoms with Crippen LogP contribution in [0.3, 0.4) is 0 Å². The molecular formula is C12H27NO. The molecule has 2 unspecified atom stereocenters. The van der Waals surface area contributed by atoms with Crippen LogP contribution in [0.5, 0.6) is 0 Å². The minimum Gasteiger partial charge on any atom is -0.393 e. The molecule has 2 heteroatoms. The maximum atomic E-state index is 9.88. The van der Waals surface area contributed by atoms with Crippen LogP contribution in [0.4, 0.5) is 0 Å². The van der Waals surface area contributed by atoms with Crippen molar-refractivity contribution in [2.45, 2.75) is 64.9 Å². The second-order valence-electron chi connectivity index (χ2n) is 4.20. The molecule has 0 aliphatic carbocycles. The van der Waals surface area contributed by atoms with Crippen LogP contribution in [0.1, 0.15) is 58.8 Å². The SMILES string of the molecule is CCCCCC(O)C(CN)CCCC. The van der Waals surface area contributed by atoms with Crippen LogP contribution >= 0.6 is 0 Å². The lowest BCUT2D eigenvalue weighted by Gasteiger charge is -2.21. The summed E-state index contributed by atoms with van der Waals surface area (Å²) in [6.07, 6.45) is 7.81. The van der Waals surface area contributed by atoms with E-state index in [0.29, 0.717) is 12.5 Å². The first-order chi connectivity index (χ1) is 6.76. The minimum absolute atomic E-state index is 0.168. The van der Waals surface area contributed by atoms with Gasteiger partial charge in [-0.05, 0) is 25.3 Å². The van der Waals surface area contributed by atoms with Crippen molar-refractivity contribution >= 4 is 0 Å². The van der Waals surface area contributed by atoms with E-state index in [1.165, 1.54) is 25.7 Å². The largest absolute Gasteiger partial charge is 0.393 e. The van der Waals surface area contributed by atoms with E-state index in [9.17, 15) is 5.11 Å². The van der Waals surface area contributed by atoms with Crippen molar-refractivity contribution in [1.29, 1.82) is 0 Å². The molecule has 0 saturated carbocycles. The van der Waals surface area contributed by atoms with E-state index in [2.05, 4.69) is 13.8 Å². The van der Waals surface area contributed by atoms with Gasteiger partial charge >= 0.3 is 0 Å². The van der Waals surface area contributed by atoms with Crippen LogP contribution in [-0.4, -0.2) is 17.8 Å². The highest BCUT2D eigenvalue weighted by Crippen LogP contribution is 2.16. The zero-order valence-corrected chi connectivity index (χ0v) is 9.84. The van der Waals surface area contributed by atoms with Crippen molar-refractivity contribution in [3.05, 3.63) is 0 Å². The standard InChI is InChI=1S/C12H27NO/c1-3-5-7-9-12(14)11(10-13)8-6-4-2/h11-12,14H,3-10,13H2,1-2H3. The van der Waals surface area contributed by atoms with Gasteiger partial charge in [-0.25, -0.2) is 0 Å². The molecule has 2 atom stereocenters. The monoisotopic (exact) mass is 201 g/mol. The number of unbranched alkanes of at least 4 members (excludes halogenated alkanes) is 3. The fraction of sp³-hybridized carbons (Fsp3) is 1.00. The molecule has 0 rings (SSSR count). The van der Waals surface area contributed by atoms with Crippen LogP contribution in [0.2, 0.25) is 0 Å². The van der Waals surface area contributed by atoms with E-state index >= 15 is 0 Å². The second-order valence-corrected chi connectivity index (χ2v) is 4.20. The van der Waals surface area contributed by atoms with Crippen molar-refractivity contribution < 1.29 is 5.11 Å². The van der Waals surface area contributed by atoms with Gasteiger partial charge in [0.25, 0.3) is 0 Å². The van der Waals surface area contributed by atoms with E-state index in [-0.39, 0.29) is 6.10 Å². The van der Waals surface area contributed by atoms with Crippen LogP contribution in [-0.2, 0) is 0 Å². The van der Waals surface area contributed by atoms with Crippen molar-refractivity contribution in [3.63, 3.8) is 0 Å². The smallest absolute Gasteiger partial charge is 0.0580 e. The summed E-state index contributed by atoms with van der Waals surface area (Å²) in [7, 11) is 0. The molecule has 0 heterocycles. The molecule has 0 spiro atoms. The molecule has 0 aliphatic rings. The molecule has 0 aliphatic heterocycles. The van der Waals surface area contributed by atoms with Crippen molar-refractivity contribution in [3.8, 4) is 0 Å². The van der Waals surface area contributed by atoms with Gasteiger partial charge in [-0.2, -0.15) is 0 Å². The van der Waals surface area contributed by atoms with Gasteiger partial charge in [-0.3, -0.25) is 0 Å². The molecule has 14 heavy (non-hydrogen) atoms. The van der Waals surface area contributed by atoms with Crippen LogP contribution in [0.15, 0.2) is 0 Å². The Morgan fingerprint density at radius 3 is 2.14 bits per heavy atom.